The van der Waals surface area contributed by atoms with Crippen LogP contribution in [0.2, 0.25) is 0 Å². The Morgan fingerprint density at radius 1 is 1.09 bits per heavy atom. The normalized spacial score (nSPS) is 15.3. The summed E-state index contributed by atoms with van der Waals surface area (Å²) in [5, 5.41) is 3.03. The van der Waals surface area contributed by atoms with Crippen LogP contribution in [0.1, 0.15) is 44.2 Å². The second-order valence-corrected chi connectivity index (χ2v) is 6.52. The highest BCUT2D eigenvalue weighted by Crippen LogP contribution is 2.27. The van der Waals surface area contributed by atoms with Crippen LogP contribution in [0, 0.1) is 12.8 Å². The van der Waals surface area contributed by atoms with E-state index in [4.69, 9.17) is 0 Å². The van der Waals surface area contributed by atoms with Gasteiger partial charge in [0.05, 0.1) is 0 Å². The van der Waals surface area contributed by atoms with E-state index in [2.05, 4.69) is 16.4 Å². The van der Waals surface area contributed by atoms with Gasteiger partial charge in [-0.05, 0) is 61.1 Å². The average Bonchev–Trinajstić information content (AvgIpc) is 2.56. The predicted octanol–water partition coefficient (Wildman–Crippen LogP) is 4.97. The number of hydrogen-bond donors (Lipinski definition) is 1. The molecule has 1 aliphatic carbocycles. The van der Waals surface area contributed by atoms with Gasteiger partial charge in [0.2, 0.25) is 5.91 Å². The van der Waals surface area contributed by atoms with Gasteiger partial charge in [0, 0.05) is 24.0 Å². The van der Waals surface area contributed by atoms with Crippen molar-refractivity contribution in [2.75, 3.05) is 5.32 Å². The largest absolute Gasteiger partial charge is 0.326 e. The van der Waals surface area contributed by atoms with Crippen LogP contribution in [-0.4, -0.2) is 10.9 Å². The summed E-state index contributed by atoms with van der Waals surface area (Å²) < 4.78 is 0. The van der Waals surface area contributed by atoms with E-state index in [1.165, 1.54) is 32.1 Å². The van der Waals surface area contributed by atoms with E-state index in [0.717, 1.165) is 22.5 Å². The quantitative estimate of drug-likeness (QED) is 0.866. The molecule has 2 aromatic rings. The number of aromatic nitrogens is 1. The number of pyridine rings is 1. The van der Waals surface area contributed by atoms with Crippen LogP contribution in [0.25, 0.3) is 11.1 Å². The van der Waals surface area contributed by atoms with Gasteiger partial charge in [-0.15, -0.1) is 0 Å². The molecule has 0 radical (unpaired) electrons. The van der Waals surface area contributed by atoms with E-state index >= 15 is 0 Å². The van der Waals surface area contributed by atoms with E-state index in [9.17, 15) is 4.79 Å². The number of nitrogens with one attached hydrogen (secondary N) is 1. The van der Waals surface area contributed by atoms with Gasteiger partial charge >= 0.3 is 0 Å². The van der Waals surface area contributed by atoms with E-state index in [0.29, 0.717) is 12.3 Å². The SMILES string of the molecule is Cc1cc(-c2ccc(NC(=O)CC3CCCCC3)cc2)ccn1. The lowest BCUT2D eigenvalue weighted by Crippen LogP contribution is -2.18. The second kappa shape index (κ2) is 7.40. The molecular formula is C20H24N2O. The summed E-state index contributed by atoms with van der Waals surface area (Å²) >= 11 is 0. The molecule has 0 atom stereocenters. The van der Waals surface area contributed by atoms with Crippen LogP contribution in [0.4, 0.5) is 5.69 Å². The Morgan fingerprint density at radius 3 is 2.52 bits per heavy atom. The molecule has 0 bridgehead atoms. The molecule has 1 fully saturated rings. The lowest BCUT2D eigenvalue weighted by Gasteiger charge is -2.20. The summed E-state index contributed by atoms with van der Waals surface area (Å²) in [6, 6.07) is 12.1. The van der Waals surface area contributed by atoms with Crippen molar-refractivity contribution in [3.8, 4) is 11.1 Å². The fraction of sp³-hybridized carbons (Fsp3) is 0.400. The minimum atomic E-state index is 0.143. The number of anilines is 1. The number of benzene rings is 1. The highest BCUT2D eigenvalue weighted by molar-refractivity contribution is 5.91. The van der Waals surface area contributed by atoms with Crippen molar-refractivity contribution < 1.29 is 4.79 Å². The van der Waals surface area contributed by atoms with Gasteiger partial charge in [-0.2, -0.15) is 0 Å². The third-order valence-electron chi connectivity index (χ3n) is 4.60. The number of carbonyl (C=O) groups is 1. The van der Waals surface area contributed by atoms with Gasteiger partial charge in [0.1, 0.15) is 0 Å². The summed E-state index contributed by atoms with van der Waals surface area (Å²) in [6.07, 6.45) is 8.77. The van der Waals surface area contributed by atoms with Crippen LogP contribution in [0.3, 0.4) is 0 Å². The van der Waals surface area contributed by atoms with E-state index in [1.54, 1.807) is 0 Å². The Morgan fingerprint density at radius 2 is 1.83 bits per heavy atom. The van der Waals surface area contributed by atoms with Crippen molar-refractivity contribution >= 4 is 11.6 Å². The van der Waals surface area contributed by atoms with Crippen LogP contribution < -0.4 is 5.32 Å². The second-order valence-electron chi connectivity index (χ2n) is 6.52. The zero-order valence-electron chi connectivity index (χ0n) is 13.7. The van der Waals surface area contributed by atoms with E-state index in [-0.39, 0.29) is 5.91 Å². The van der Waals surface area contributed by atoms with Gasteiger partial charge in [-0.1, -0.05) is 31.4 Å². The zero-order chi connectivity index (χ0) is 16.1. The summed E-state index contributed by atoms with van der Waals surface area (Å²) in [4.78, 5) is 16.4. The lowest BCUT2D eigenvalue weighted by atomic mass is 9.87. The molecular weight excluding hydrogens is 284 g/mol. The predicted molar refractivity (Wildman–Crippen MR) is 94.2 cm³/mol. The third-order valence-corrected chi connectivity index (χ3v) is 4.60. The first-order valence-electron chi connectivity index (χ1n) is 8.53. The number of hydrogen-bond acceptors (Lipinski definition) is 2. The molecule has 3 nitrogen and oxygen atoms in total. The maximum Gasteiger partial charge on any atom is 0.224 e. The van der Waals surface area contributed by atoms with Gasteiger partial charge in [0.15, 0.2) is 0 Å². The first kappa shape index (κ1) is 15.7. The van der Waals surface area contributed by atoms with Crippen LogP contribution in [0.5, 0.6) is 0 Å². The molecule has 3 rings (SSSR count). The molecule has 1 aromatic heterocycles. The standard InChI is InChI=1S/C20H24N2O/c1-15-13-18(11-12-21-15)17-7-9-19(10-8-17)22-20(23)14-16-5-3-2-4-6-16/h7-13,16H,2-6,14H2,1H3,(H,22,23). The molecule has 0 spiro atoms. The maximum atomic E-state index is 12.2. The van der Waals surface area contributed by atoms with Crippen molar-refractivity contribution in [3.05, 3.63) is 48.3 Å². The number of carbonyl (C=O) groups excluding carboxylic acids is 1. The minimum Gasteiger partial charge on any atom is -0.326 e. The number of nitrogens with zero attached hydrogens (tertiary/aromatic N) is 1. The fourth-order valence-corrected chi connectivity index (χ4v) is 3.34. The van der Waals surface area contributed by atoms with Crippen LogP contribution >= 0.6 is 0 Å². The van der Waals surface area contributed by atoms with Gasteiger partial charge in [-0.3, -0.25) is 9.78 Å². The number of amides is 1. The molecule has 3 heteroatoms. The first-order valence-corrected chi connectivity index (χ1v) is 8.53. The molecule has 0 saturated heterocycles. The maximum absolute atomic E-state index is 12.2. The Balaban J connectivity index is 1.59. The summed E-state index contributed by atoms with van der Waals surface area (Å²) in [5.41, 5.74) is 4.17. The van der Waals surface area contributed by atoms with Crippen molar-refractivity contribution in [2.45, 2.75) is 45.4 Å². The molecule has 1 heterocycles. The van der Waals surface area contributed by atoms with Crippen molar-refractivity contribution in [3.63, 3.8) is 0 Å². The van der Waals surface area contributed by atoms with Crippen molar-refractivity contribution in [1.82, 2.24) is 4.98 Å². The lowest BCUT2D eigenvalue weighted by molar-refractivity contribution is -0.117. The summed E-state index contributed by atoms with van der Waals surface area (Å²) in [6.45, 7) is 1.99. The highest BCUT2D eigenvalue weighted by atomic mass is 16.1. The molecule has 1 aliphatic rings. The highest BCUT2D eigenvalue weighted by Gasteiger charge is 2.17. The van der Waals surface area contributed by atoms with Gasteiger partial charge in [0.25, 0.3) is 0 Å². The molecule has 1 N–H and O–H groups in total. The average molecular weight is 308 g/mol. The van der Waals surface area contributed by atoms with Gasteiger partial charge < -0.3 is 5.32 Å². The fourth-order valence-electron chi connectivity index (χ4n) is 3.34. The van der Waals surface area contributed by atoms with Crippen LogP contribution in [0.15, 0.2) is 42.6 Å². The Kier molecular flexibility index (Phi) is 5.06. The molecule has 1 aromatic carbocycles. The topological polar surface area (TPSA) is 42.0 Å². The monoisotopic (exact) mass is 308 g/mol. The van der Waals surface area contributed by atoms with Crippen molar-refractivity contribution in [1.29, 1.82) is 0 Å². The van der Waals surface area contributed by atoms with Crippen molar-refractivity contribution in [2.24, 2.45) is 5.92 Å². The molecule has 1 amide bonds. The Labute approximate surface area is 138 Å². The summed E-state index contributed by atoms with van der Waals surface area (Å²) in [7, 11) is 0. The first-order chi connectivity index (χ1) is 11.2. The van der Waals surface area contributed by atoms with Crippen LogP contribution in [-0.2, 0) is 4.79 Å². The summed E-state index contributed by atoms with van der Waals surface area (Å²) in [5.74, 6) is 0.715. The molecule has 0 aliphatic heterocycles. The zero-order valence-corrected chi connectivity index (χ0v) is 13.7. The number of rotatable bonds is 4. The minimum absolute atomic E-state index is 0.143. The molecule has 1 saturated carbocycles. The molecule has 120 valence electrons. The van der Waals surface area contributed by atoms with E-state index < -0.39 is 0 Å². The molecule has 23 heavy (non-hydrogen) atoms. The van der Waals surface area contributed by atoms with E-state index in [1.807, 2.05) is 43.5 Å². The Hall–Kier alpha value is -2.16. The van der Waals surface area contributed by atoms with Gasteiger partial charge in [-0.25, -0.2) is 0 Å². The Bertz CT molecular complexity index is 658. The smallest absolute Gasteiger partial charge is 0.224 e. The third kappa shape index (κ3) is 4.41. The molecule has 0 unspecified atom stereocenters. The number of aryl methyl sites for hydroxylation is 1.